The zero-order chi connectivity index (χ0) is 12.3. The van der Waals surface area contributed by atoms with E-state index in [-0.39, 0.29) is 0 Å². The van der Waals surface area contributed by atoms with Crippen molar-refractivity contribution in [2.75, 3.05) is 6.54 Å². The summed E-state index contributed by atoms with van der Waals surface area (Å²) in [6.45, 7) is 3.25. The van der Waals surface area contributed by atoms with Gasteiger partial charge < -0.3 is 5.32 Å². The summed E-state index contributed by atoms with van der Waals surface area (Å²) >= 11 is 0. The molecule has 0 bridgehead atoms. The molecular formula is C14H19F2N. The molecule has 1 aromatic carbocycles. The highest BCUT2D eigenvalue weighted by Crippen LogP contribution is 2.22. The molecule has 1 aliphatic heterocycles. The van der Waals surface area contributed by atoms with Gasteiger partial charge in [-0.05, 0) is 49.4 Å². The molecule has 0 aliphatic carbocycles. The van der Waals surface area contributed by atoms with Gasteiger partial charge in [0.15, 0.2) is 11.6 Å². The Morgan fingerprint density at radius 2 is 2.12 bits per heavy atom. The molecule has 1 aliphatic rings. The van der Waals surface area contributed by atoms with Crippen LogP contribution in [0, 0.1) is 17.6 Å². The van der Waals surface area contributed by atoms with E-state index in [0.717, 1.165) is 30.9 Å². The Morgan fingerprint density at radius 1 is 1.29 bits per heavy atom. The molecule has 1 aromatic rings. The smallest absolute Gasteiger partial charge is 0.159 e. The third-order valence-electron chi connectivity index (χ3n) is 3.65. The summed E-state index contributed by atoms with van der Waals surface area (Å²) < 4.78 is 25.9. The van der Waals surface area contributed by atoms with Gasteiger partial charge in [0.05, 0.1) is 0 Å². The number of rotatable bonds is 3. The van der Waals surface area contributed by atoms with E-state index >= 15 is 0 Å². The van der Waals surface area contributed by atoms with Crippen molar-refractivity contribution < 1.29 is 8.78 Å². The van der Waals surface area contributed by atoms with E-state index in [9.17, 15) is 8.78 Å². The summed E-state index contributed by atoms with van der Waals surface area (Å²) in [5, 5.41) is 3.45. The highest BCUT2D eigenvalue weighted by molar-refractivity contribution is 5.19. The minimum atomic E-state index is -0.767. The Morgan fingerprint density at radius 3 is 2.82 bits per heavy atom. The van der Waals surface area contributed by atoms with Crippen molar-refractivity contribution in [3.8, 4) is 0 Å². The maximum atomic E-state index is 13.1. The second-order valence-corrected chi connectivity index (χ2v) is 4.90. The summed E-state index contributed by atoms with van der Waals surface area (Å²) in [5.74, 6) is -0.742. The lowest BCUT2D eigenvalue weighted by Gasteiger charge is -2.29. The molecular weight excluding hydrogens is 220 g/mol. The van der Waals surface area contributed by atoms with Crippen LogP contribution in [0.5, 0.6) is 0 Å². The van der Waals surface area contributed by atoms with Gasteiger partial charge in [0.2, 0.25) is 0 Å². The van der Waals surface area contributed by atoms with Gasteiger partial charge in [-0.3, -0.25) is 0 Å². The molecule has 1 fully saturated rings. The van der Waals surface area contributed by atoms with Gasteiger partial charge in [-0.1, -0.05) is 19.4 Å². The van der Waals surface area contributed by atoms with Crippen LogP contribution in [0.1, 0.15) is 31.7 Å². The third kappa shape index (κ3) is 3.25. The Balaban J connectivity index is 1.97. The van der Waals surface area contributed by atoms with Crippen molar-refractivity contribution in [2.45, 2.75) is 38.6 Å². The Labute approximate surface area is 101 Å². The molecule has 0 radical (unpaired) electrons. The first-order valence-electron chi connectivity index (χ1n) is 6.36. The van der Waals surface area contributed by atoms with Gasteiger partial charge in [-0.2, -0.15) is 0 Å². The summed E-state index contributed by atoms with van der Waals surface area (Å²) in [6.07, 6.45) is 4.35. The van der Waals surface area contributed by atoms with Crippen LogP contribution in [0.15, 0.2) is 18.2 Å². The third-order valence-corrected chi connectivity index (χ3v) is 3.65. The van der Waals surface area contributed by atoms with Crippen molar-refractivity contribution in [2.24, 2.45) is 5.92 Å². The molecule has 3 heteroatoms. The second-order valence-electron chi connectivity index (χ2n) is 4.90. The van der Waals surface area contributed by atoms with Crippen LogP contribution in [0.3, 0.4) is 0 Å². The van der Waals surface area contributed by atoms with E-state index < -0.39 is 11.6 Å². The first kappa shape index (κ1) is 12.5. The number of hydrogen-bond acceptors (Lipinski definition) is 1. The predicted molar refractivity (Wildman–Crippen MR) is 64.9 cm³/mol. The van der Waals surface area contributed by atoms with Gasteiger partial charge >= 0.3 is 0 Å². The molecule has 0 amide bonds. The van der Waals surface area contributed by atoms with E-state index in [0.29, 0.717) is 6.04 Å². The number of nitrogens with one attached hydrogen (secondary N) is 1. The molecule has 0 saturated carbocycles. The van der Waals surface area contributed by atoms with Crippen LogP contribution in [0.4, 0.5) is 8.78 Å². The van der Waals surface area contributed by atoms with Crippen LogP contribution in [-0.4, -0.2) is 12.6 Å². The quantitative estimate of drug-likeness (QED) is 0.853. The maximum Gasteiger partial charge on any atom is 0.159 e. The minimum Gasteiger partial charge on any atom is -0.314 e. The molecule has 1 N–H and O–H groups in total. The number of benzene rings is 1. The first-order chi connectivity index (χ1) is 8.19. The van der Waals surface area contributed by atoms with Gasteiger partial charge in [0, 0.05) is 6.04 Å². The van der Waals surface area contributed by atoms with Gasteiger partial charge in [0.25, 0.3) is 0 Å². The predicted octanol–water partition coefficient (Wildman–Crippen LogP) is 3.29. The lowest BCUT2D eigenvalue weighted by Crippen LogP contribution is -2.39. The fraction of sp³-hybridized carbons (Fsp3) is 0.571. The van der Waals surface area contributed by atoms with Gasteiger partial charge in [-0.25, -0.2) is 8.78 Å². The van der Waals surface area contributed by atoms with Gasteiger partial charge in [0.1, 0.15) is 0 Å². The average Bonchev–Trinajstić information content (AvgIpc) is 2.34. The van der Waals surface area contributed by atoms with Crippen LogP contribution in [0.2, 0.25) is 0 Å². The van der Waals surface area contributed by atoms with Crippen molar-refractivity contribution in [1.29, 1.82) is 0 Å². The summed E-state index contributed by atoms with van der Waals surface area (Å²) in [5.41, 5.74) is 0.873. The maximum absolute atomic E-state index is 13.1. The lowest BCUT2D eigenvalue weighted by molar-refractivity contribution is 0.294. The largest absolute Gasteiger partial charge is 0.314 e. The highest BCUT2D eigenvalue weighted by atomic mass is 19.2. The SMILES string of the molecule is CCC1CCNC(Cc2ccc(F)c(F)c2)C1. The Bertz CT molecular complexity index is 378. The molecule has 0 spiro atoms. The molecule has 2 rings (SSSR count). The van der Waals surface area contributed by atoms with E-state index in [1.807, 2.05) is 0 Å². The minimum absolute atomic E-state index is 0.401. The molecule has 17 heavy (non-hydrogen) atoms. The molecule has 1 heterocycles. The molecule has 1 nitrogen and oxygen atoms in total. The normalized spacial score (nSPS) is 24.9. The monoisotopic (exact) mass is 239 g/mol. The fourth-order valence-electron chi connectivity index (χ4n) is 2.57. The van der Waals surface area contributed by atoms with Crippen LogP contribution >= 0.6 is 0 Å². The first-order valence-corrected chi connectivity index (χ1v) is 6.36. The van der Waals surface area contributed by atoms with E-state index in [1.54, 1.807) is 6.07 Å². The number of hydrogen-bond donors (Lipinski definition) is 1. The topological polar surface area (TPSA) is 12.0 Å². The van der Waals surface area contributed by atoms with Crippen LogP contribution in [0.25, 0.3) is 0 Å². The molecule has 1 saturated heterocycles. The highest BCUT2D eigenvalue weighted by Gasteiger charge is 2.20. The van der Waals surface area contributed by atoms with Crippen LogP contribution in [-0.2, 0) is 6.42 Å². The van der Waals surface area contributed by atoms with Crippen molar-refractivity contribution >= 4 is 0 Å². The molecule has 0 aromatic heterocycles. The Kier molecular flexibility index (Phi) is 4.11. The average molecular weight is 239 g/mol. The van der Waals surface area contributed by atoms with Crippen molar-refractivity contribution in [3.63, 3.8) is 0 Å². The van der Waals surface area contributed by atoms with Crippen molar-refractivity contribution in [3.05, 3.63) is 35.4 Å². The van der Waals surface area contributed by atoms with Gasteiger partial charge in [-0.15, -0.1) is 0 Å². The fourth-order valence-corrected chi connectivity index (χ4v) is 2.57. The second kappa shape index (κ2) is 5.58. The zero-order valence-corrected chi connectivity index (χ0v) is 10.2. The van der Waals surface area contributed by atoms with Crippen molar-refractivity contribution in [1.82, 2.24) is 5.32 Å². The summed E-state index contributed by atoms with van der Waals surface area (Å²) in [7, 11) is 0. The lowest BCUT2D eigenvalue weighted by atomic mass is 9.88. The van der Waals surface area contributed by atoms with Crippen LogP contribution < -0.4 is 5.32 Å². The molecule has 2 unspecified atom stereocenters. The van der Waals surface area contributed by atoms with E-state index in [4.69, 9.17) is 0 Å². The van der Waals surface area contributed by atoms with E-state index in [1.165, 1.54) is 25.0 Å². The zero-order valence-electron chi connectivity index (χ0n) is 10.2. The summed E-state index contributed by atoms with van der Waals surface area (Å²) in [4.78, 5) is 0. The molecule has 94 valence electrons. The Hall–Kier alpha value is -0.960. The van der Waals surface area contributed by atoms with E-state index in [2.05, 4.69) is 12.2 Å². The number of halogens is 2. The standard InChI is InChI=1S/C14H19F2N/c1-2-10-5-6-17-12(7-10)8-11-3-4-13(15)14(16)9-11/h3-4,9-10,12,17H,2,5-8H2,1H3. The molecule has 2 atom stereocenters. The summed E-state index contributed by atoms with van der Waals surface area (Å²) in [6, 6.07) is 4.60. The number of piperidine rings is 1.